The first-order valence-corrected chi connectivity index (χ1v) is 7.99. The zero-order valence-electron chi connectivity index (χ0n) is 13.5. The molecule has 2 aromatic rings. The summed E-state index contributed by atoms with van der Waals surface area (Å²) in [6.07, 6.45) is 5.99. The molecule has 0 aliphatic heterocycles. The lowest BCUT2D eigenvalue weighted by molar-refractivity contribution is -0.116. The van der Waals surface area contributed by atoms with Crippen LogP contribution in [0.3, 0.4) is 0 Å². The molecule has 1 heterocycles. The Morgan fingerprint density at radius 3 is 2.58 bits per heavy atom. The smallest absolute Gasteiger partial charge is 0.251 e. The number of nitrogens with zero attached hydrogens (tertiary/aromatic N) is 1. The molecule has 0 fully saturated rings. The van der Waals surface area contributed by atoms with Crippen LogP contribution in [0.5, 0.6) is 0 Å². The van der Waals surface area contributed by atoms with Gasteiger partial charge in [-0.3, -0.25) is 14.6 Å². The van der Waals surface area contributed by atoms with Crippen molar-refractivity contribution < 1.29 is 9.59 Å². The molecule has 2 amide bonds. The lowest BCUT2D eigenvalue weighted by Crippen LogP contribution is -2.24. The number of unbranched alkanes of at least 4 members (excludes halogenated alkanes) is 2. The van der Waals surface area contributed by atoms with Crippen molar-refractivity contribution in [1.82, 2.24) is 10.3 Å². The van der Waals surface area contributed by atoms with Gasteiger partial charge in [0.05, 0.1) is 17.6 Å². The highest BCUT2D eigenvalue weighted by Gasteiger charge is 2.06. The molecule has 1 aromatic carbocycles. The number of carbonyl (C=O) groups is 2. The van der Waals surface area contributed by atoms with Gasteiger partial charge in [0.2, 0.25) is 5.91 Å². The molecular formula is C18H22N4O2. The summed E-state index contributed by atoms with van der Waals surface area (Å²) in [7, 11) is 0. The molecule has 24 heavy (non-hydrogen) atoms. The molecule has 0 unspecified atom stereocenters. The van der Waals surface area contributed by atoms with Crippen LogP contribution in [-0.2, 0) is 4.79 Å². The van der Waals surface area contributed by atoms with Gasteiger partial charge in [-0.05, 0) is 31.0 Å². The van der Waals surface area contributed by atoms with E-state index in [9.17, 15) is 9.59 Å². The Morgan fingerprint density at radius 2 is 1.83 bits per heavy atom. The Labute approximate surface area is 141 Å². The molecule has 0 aliphatic carbocycles. The monoisotopic (exact) mass is 326 g/mol. The molecule has 4 N–H and O–H groups in total. The number of benzene rings is 1. The van der Waals surface area contributed by atoms with Crippen molar-refractivity contribution in [3.05, 3.63) is 54.4 Å². The maximum atomic E-state index is 11.8. The second-order valence-electron chi connectivity index (χ2n) is 5.44. The third-order valence-electron chi connectivity index (χ3n) is 3.53. The number of pyridine rings is 1. The van der Waals surface area contributed by atoms with E-state index in [0.29, 0.717) is 29.9 Å². The molecule has 0 radical (unpaired) electrons. The average molecular weight is 326 g/mol. The summed E-state index contributed by atoms with van der Waals surface area (Å²) in [6.45, 7) is 0.602. The van der Waals surface area contributed by atoms with Crippen molar-refractivity contribution in [2.75, 3.05) is 17.6 Å². The fraction of sp³-hybridized carbons (Fsp3) is 0.278. The van der Waals surface area contributed by atoms with Gasteiger partial charge in [-0.2, -0.15) is 0 Å². The molecule has 2 rings (SSSR count). The van der Waals surface area contributed by atoms with Crippen LogP contribution in [0.1, 0.15) is 36.0 Å². The standard InChI is InChI=1S/C18H22N4O2/c19-15-10-12-20-13-16(15)22-17(23)9-5-2-6-11-21-18(24)14-7-3-1-4-8-14/h1,3-4,7-8,10,12-13H,2,5-6,9,11H2,(H2,19,20)(H,21,24)(H,22,23). The van der Waals surface area contributed by atoms with E-state index < -0.39 is 0 Å². The predicted octanol–water partition coefficient (Wildman–Crippen LogP) is 2.59. The van der Waals surface area contributed by atoms with E-state index in [1.165, 1.54) is 6.20 Å². The number of anilines is 2. The van der Waals surface area contributed by atoms with Crippen molar-refractivity contribution in [3.63, 3.8) is 0 Å². The summed E-state index contributed by atoms with van der Waals surface area (Å²) >= 11 is 0. The van der Waals surface area contributed by atoms with Crippen LogP contribution < -0.4 is 16.4 Å². The van der Waals surface area contributed by atoms with Crippen LogP contribution in [-0.4, -0.2) is 23.3 Å². The summed E-state index contributed by atoms with van der Waals surface area (Å²) in [5, 5.41) is 5.61. The summed E-state index contributed by atoms with van der Waals surface area (Å²) in [5.74, 6) is -0.150. The highest BCUT2D eigenvalue weighted by Crippen LogP contribution is 2.15. The lowest BCUT2D eigenvalue weighted by Gasteiger charge is -2.07. The maximum absolute atomic E-state index is 11.8. The van der Waals surface area contributed by atoms with Crippen molar-refractivity contribution in [3.8, 4) is 0 Å². The average Bonchev–Trinajstić information content (AvgIpc) is 2.60. The normalized spacial score (nSPS) is 10.2. The van der Waals surface area contributed by atoms with Crippen LogP contribution in [0.25, 0.3) is 0 Å². The molecule has 6 nitrogen and oxygen atoms in total. The van der Waals surface area contributed by atoms with Gasteiger partial charge in [0.25, 0.3) is 5.91 Å². The molecular weight excluding hydrogens is 304 g/mol. The molecule has 126 valence electrons. The first-order chi connectivity index (χ1) is 11.7. The summed E-state index contributed by atoms with van der Waals surface area (Å²) in [4.78, 5) is 27.6. The molecule has 6 heteroatoms. The van der Waals surface area contributed by atoms with E-state index in [1.807, 2.05) is 18.2 Å². The van der Waals surface area contributed by atoms with Gasteiger partial charge >= 0.3 is 0 Å². The Kier molecular flexibility index (Phi) is 6.76. The summed E-state index contributed by atoms with van der Waals surface area (Å²) in [6, 6.07) is 10.8. The Morgan fingerprint density at radius 1 is 1.04 bits per heavy atom. The minimum Gasteiger partial charge on any atom is -0.397 e. The molecule has 0 saturated heterocycles. The zero-order chi connectivity index (χ0) is 17.2. The van der Waals surface area contributed by atoms with Crippen LogP contribution in [0.15, 0.2) is 48.8 Å². The van der Waals surface area contributed by atoms with Gasteiger partial charge in [0.15, 0.2) is 0 Å². The number of carbonyl (C=O) groups excluding carboxylic acids is 2. The third kappa shape index (κ3) is 5.72. The largest absolute Gasteiger partial charge is 0.397 e. The number of amides is 2. The minimum atomic E-state index is -0.0805. The predicted molar refractivity (Wildman–Crippen MR) is 94.5 cm³/mol. The number of nitrogens with one attached hydrogen (secondary N) is 2. The van der Waals surface area contributed by atoms with Crippen molar-refractivity contribution in [2.24, 2.45) is 0 Å². The van der Waals surface area contributed by atoms with Gasteiger partial charge in [0, 0.05) is 24.7 Å². The van der Waals surface area contributed by atoms with E-state index in [1.54, 1.807) is 24.4 Å². The van der Waals surface area contributed by atoms with Crippen molar-refractivity contribution in [1.29, 1.82) is 0 Å². The fourth-order valence-electron chi connectivity index (χ4n) is 2.20. The minimum absolute atomic E-state index is 0.0691. The van der Waals surface area contributed by atoms with E-state index >= 15 is 0 Å². The summed E-state index contributed by atoms with van der Waals surface area (Å²) < 4.78 is 0. The first kappa shape index (κ1) is 17.5. The molecule has 0 aliphatic rings. The molecule has 0 spiro atoms. The lowest BCUT2D eigenvalue weighted by atomic mass is 10.1. The van der Waals surface area contributed by atoms with Crippen molar-refractivity contribution >= 4 is 23.2 Å². The number of hydrogen-bond donors (Lipinski definition) is 3. The van der Waals surface area contributed by atoms with E-state index in [0.717, 1.165) is 19.3 Å². The SMILES string of the molecule is Nc1ccncc1NC(=O)CCCCCNC(=O)c1ccccc1. The van der Waals surface area contributed by atoms with Gasteiger partial charge in [-0.25, -0.2) is 0 Å². The van der Waals surface area contributed by atoms with Gasteiger partial charge in [-0.15, -0.1) is 0 Å². The Bertz CT molecular complexity index is 674. The fourth-order valence-corrected chi connectivity index (χ4v) is 2.20. The van der Waals surface area contributed by atoms with E-state index in [4.69, 9.17) is 5.73 Å². The van der Waals surface area contributed by atoms with E-state index in [2.05, 4.69) is 15.6 Å². The second kappa shape index (κ2) is 9.29. The second-order valence-corrected chi connectivity index (χ2v) is 5.44. The van der Waals surface area contributed by atoms with Gasteiger partial charge in [-0.1, -0.05) is 24.6 Å². The van der Waals surface area contributed by atoms with Crippen LogP contribution in [0, 0.1) is 0 Å². The van der Waals surface area contributed by atoms with Crippen molar-refractivity contribution in [2.45, 2.75) is 25.7 Å². The zero-order valence-corrected chi connectivity index (χ0v) is 13.5. The van der Waals surface area contributed by atoms with Gasteiger partial charge in [0.1, 0.15) is 0 Å². The first-order valence-electron chi connectivity index (χ1n) is 7.99. The number of hydrogen-bond acceptors (Lipinski definition) is 4. The summed E-state index contributed by atoms with van der Waals surface area (Å²) in [5.41, 5.74) is 7.44. The van der Waals surface area contributed by atoms with Crippen LogP contribution in [0.4, 0.5) is 11.4 Å². The molecule has 0 saturated carbocycles. The van der Waals surface area contributed by atoms with Gasteiger partial charge < -0.3 is 16.4 Å². The van der Waals surface area contributed by atoms with Crippen LogP contribution in [0.2, 0.25) is 0 Å². The van der Waals surface area contributed by atoms with E-state index in [-0.39, 0.29) is 11.8 Å². The van der Waals surface area contributed by atoms with Crippen LogP contribution >= 0.6 is 0 Å². The molecule has 0 atom stereocenters. The Hall–Kier alpha value is -2.89. The Balaban J connectivity index is 1.57. The topological polar surface area (TPSA) is 97.1 Å². The highest BCUT2D eigenvalue weighted by atomic mass is 16.2. The number of aromatic nitrogens is 1. The number of nitrogens with two attached hydrogens (primary N) is 1. The quantitative estimate of drug-likeness (QED) is 0.650. The molecule has 1 aromatic heterocycles. The number of rotatable bonds is 8. The highest BCUT2D eigenvalue weighted by molar-refractivity contribution is 5.94. The number of nitrogen functional groups attached to an aromatic ring is 1. The maximum Gasteiger partial charge on any atom is 0.251 e. The molecule has 0 bridgehead atoms. The third-order valence-corrected chi connectivity index (χ3v) is 3.53.